The van der Waals surface area contributed by atoms with Crippen molar-refractivity contribution in [3.8, 4) is 5.75 Å². The van der Waals surface area contributed by atoms with Crippen LogP contribution in [0, 0.1) is 0 Å². The summed E-state index contributed by atoms with van der Waals surface area (Å²) in [6, 6.07) is 7.26. The van der Waals surface area contributed by atoms with E-state index in [0.29, 0.717) is 18.0 Å². The van der Waals surface area contributed by atoms with Gasteiger partial charge in [-0.1, -0.05) is 12.1 Å². The largest absolute Gasteiger partial charge is 0.489 e. The first kappa shape index (κ1) is 11.8. The molecule has 0 heterocycles. The first-order valence-corrected chi connectivity index (χ1v) is 4.89. The van der Waals surface area contributed by atoms with E-state index < -0.39 is 6.10 Å². The minimum atomic E-state index is -0.500. The Morgan fingerprint density at radius 1 is 1.40 bits per heavy atom. The molecule has 0 spiro atoms. The topological polar surface area (TPSA) is 58.7 Å². The van der Waals surface area contributed by atoms with Crippen molar-refractivity contribution in [1.29, 1.82) is 0 Å². The van der Waals surface area contributed by atoms with Crippen LogP contribution in [0.25, 0.3) is 0 Å². The lowest BCUT2D eigenvalue weighted by Crippen LogP contribution is -2.30. The Morgan fingerprint density at radius 2 is 2.07 bits per heavy atom. The SMILES string of the molecule is CN(C)CC(O)COc1ccccc1N. The van der Waals surface area contributed by atoms with E-state index in [1.807, 2.05) is 31.1 Å². The number of nitrogen functional groups attached to an aromatic ring is 1. The molecule has 3 N–H and O–H groups in total. The molecule has 15 heavy (non-hydrogen) atoms. The minimum Gasteiger partial charge on any atom is -0.489 e. The third kappa shape index (κ3) is 4.18. The third-order valence-corrected chi connectivity index (χ3v) is 1.93. The lowest BCUT2D eigenvalue weighted by Gasteiger charge is -2.17. The highest BCUT2D eigenvalue weighted by Crippen LogP contribution is 2.19. The highest BCUT2D eigenvalue weighted by atomic mass is 16.5. The van der Waals surface area contributed by atoms with Crippen LogP contribution in [-0.4, -0.2) is 43.4 Å². The van der Waals surface area contributed by atoms with Gasteiger partial charge in [0.15, 0.2) is 0 Å². The van der Waals surface area contributed by atoms with Gasteiger partial charge in [-0.15, -0.1) is 0 Å². The Hall–Kier alpha value is -1.26. The summed E-state index contributed by atoms with van der Waals surface area (Å²) in [5, 5.41) is 9.56. The molecule has 4 heteroatoms. The van der Waals surface area contributed by atoms with Gasteiger partial charge in [-0.2, -0.15) is 0 Å². The van der Waals surface area contributed by atoms with E-state index in [1.54, 1.807) is 12.1 Å². The molecular weight excluding hydrogens is 192 g/mol. The lowest BCUT2D eigenvalue weighted by atomic mass is 10.3. The van der Waals surface area contributed by atoms with Crippen molar-refractivity contribution in [2.24, 2.45) is 0 Å². The normalized spacial score (nSPS) is 12.8. The number of nitrogens with zero attached hydrogens (tertiary/aromatic N) is 1. The third-order valence-electron chi connectivity index (χ3n) is 1.93. The summed E-state index contributed by atoms with van der Waals surface area (Å²) in [4.78, 5) is 1.91. The number of aliphatic hydroxyl groups excluding tert-OH is 1. The maximum atomic E-state index is 9.56. The van der Waals surface area contributed by atoms with Crippen LogP contribution in [0.5, 0.6) is 5.75 Å². The number of benzene rings is 1. The molecule has 84 valence electrons. The maximum absolute atomic E-state index is 9.56. The summed E-state index contributed by atoms with van der Waals surface area (Å²) >= 11 is 0. The molecule has 0 saturated carbocycles. The fraction of sp³-hybridized carbons (Fsp3) is 0.455. The smallest absolute Gasteiger partial charge is 0.142 e. The van der Waals surface area contributed by atoms with Gasteiger partial charge in [-0.05, 0) is 26.2 Å². The number of anilines is 1. The first-order chi connectivity index (χ1) is 7.09. The first-order valence-electron chi connectivity index (χ1n) is 4.89. The van der Waals surface area contributed by atoms with Crippen LogP contribution in [-0.2, 0) is 0 Å². The van der Waals surface area contributed by atoms with Crippen molar-refractivity contribution in [3.63, 3.8) is 0 Å². The van der Waals surface area contributed by atoms with Crippen molar-refractivity contribution >= 4 is 5.69 Å². The zero-order valence-corrected chi connectivity index (χ0v) is 9.18. The predicted molar refractivity (Wildman–Crippen MR) is 60.9 cm³/mol. The van der Waals surface area contributed by atoms with Gasteiger partial charge in [-0.25, -0.2) is 0 Å². The van der Waals surface area contributed by atoms with E-state index in [2.05, 4.69) is 0 Å². The molecule has 1 rings (SSSR count). The Bertz CT molecular complexity index is 302. The van der Waals surface area contributed by atoms with Crippen molar-refractivity contribution < 1.29 is 9.84 Å². The molecule has 4 nitrogen and oxygen atoms in total. The molecule has 0 aromatic heterocycles. The van der Waals surface area contributed by atoms with Gasteiger partial charge in [0.05, 0.1) is 5.69 Å². The van der Waals surface area contributed by atoms with Crippen LogP contribution in [0.3, 0.4) is 0 Å². The fourth-order valence-electron chi connectivity index (χ4n) is 1.27. The molecular formula is C11H18N2O2. The van der Waals surface area contributed by atoms with Gasteiger partial charge in [-0.3, -0.25) is 0 Å². The number of ether oxygens (including phenoxy) is 1. The van der Waals surface area contributed by atoms with Gasteiger partial charge < -0.3 is 20.5 Å². The van der Waals surface area contributed by atoms with Gasteiger partial charge in [0.2, 0.25) is 0 Å². The second-order valence-corrected chi connectivity index (χ2v) is 3.76. The Labute approximate surface area is 90.3 Å². The van der Waals surface area contributed by atoms with Gasteiger partial charge >= 0.3 is 0 Å². The Morgan fingerprint density at radius 3 is 2.67 bits per heavy atom. The molecule has 1 aromatic rings. The molecule has 0 fully saturated rings. The average molecular weight is 210 g/mol. The van der Waals surface area contributed by atoms with Crippen LogP contribution in [0.2, 0.25) is 0 Å². The standard InChI is InChI=1S/C11H18N2O2/c1-13(2)7-9(14)8-15-11-6-4-3-5-10(11)12/h3-6,9,14H,7-8,12H2,1-2H3. The molecule has 1 atom stereocenters. The van der Waals surface area contributed by atoms with Crippen LogP contribution in [0.4, 0.5) is 5.69 Å². The summed E-state index contributed by atoms with van der Waals surface area (Å²) in [5.41, 5.74) is 6.28. The van der Waals surface area contributed by atoms with E-state index in [0.717, 1.165) is 0 Å². The molecule has 0 amide bonds. The summed E-state index contributed by atoms with van der Waals surface area (Å²) < 4.78 is 5.40. The predicted octanol–water partition coefficient (Wildman–Crippen LogP) is 0.570. The molecule has 0 saturated heterocycles. The quantitative estimate of drug-likeness (QED) is 0.698. The number of nitrogens with two attached hydrogens (primary N) is 1. The minimum absolute atomic E-state index is 0.256. The van der Waals surface area contributed by atoms with Crippen LogP contribution < -0.4 is 10.5 Å². The van der Waals surface area contributed by atoms with Crippen molar-refractivity contribution in [1.82, 2.24) is 4.90 Å². The number of para-hydroxylation sites is 2. The van der Waals surface area contributed by atoms with Crippen LogP contribution >= 0.6 is 0 Å². The highest BCUT2D eigenvalue weighted by Gasteiger charge is 2.07. The number of aliphatic hydroxyl groups is 1. The molecule has 1 aromatic carbocycles. The van der Waals surface area contributed by atoms with E-state index in [-0.39, 0.29) is 6.61 Å². The van der Waals surface area contributed by atoms with Gasteiger partial charge in [0.1, 0.15) is 18.5 Å². The molecule has 0 aliphatic rings. The fourth-order valence-corrected chi connectivity index (χ4v) is 1.27. The summed E-state index contributed by atoms with van der Waals surface area (Å²) in [6.07, 6.45) is -0.500. The second kappa shape index (κ2) is 5.58. The molecule has 0 radical (unpaired) electrons. The molecule has 1 unspecified atom stereocenters. The summed E-state index contributed by atoms with van der Waals surface area (Å²) in [5.74, 6) is 0.621. The molecule has 0 aliphatic carbocycles. The van der Waals surface area contributed by atoms with E-state index in [9.17, 15) is 5.11 Å². The highest BCUT2D eigenvalue weighted by molar-refractivity contribution is 5.51. The zero-order chi connectivity index (χ0) is 11.3. The number of likely N-dealkylation sites (N-methyl/N-ethyl adjacent to an activating group) is 1. The Kier molecular flexibility index (Phi) is 4.39. The summed E-state index contributed by atoms with van der Waals surface area (Å²) in [6.45, 7) is 0.832. The number of rotatable bonds is 5. The van der Waals surface area contributed by atoms with Crippen molar-refractivity contribution in [3.05, 3.63) is 24.3 Å². The monoisotopic (exact) mass is 210 g/mol. The zero-order valence-electron chi connectivity index (χ0n) is 9.18. The average Bonchev–Trinajstić information content (AvgIpc) is 2.15. The van der Waals surface area contributed by atoms with E-state index in [4.69, 9.17) is 10.5 Å². The molecule has 0 aliphatic heterocycles. The molecule has 0 bridgehead atoms. The van der Waals surface area contributed by atoms with E-state index in [1.165, 1.54) is 0 Å². The summed E-state index contributed by atoms with van der Waals surface area (Å²) in [7, 11) is 3.81. The second-order valence-electron chi connectivity index (χ2n) is 3.76. The Balaban J connectivity index is 2.40. The van der Waals surface area contributed by atoms with Gasteiger partial charge in [0.25, 0.3) is 0 Å². The van der Waals surface area contributed by atoms with Crippen molar-refractivity contribution in [2.45, 2.75) is 6.10 Å². The number of hydrogen-bond donors (Lipinski definition) is 2. The van der Waals surface area contributed by atoms with E-state index >= 15 is 0 Å². The maximum Gasteiger partial charge on any atom is 0.142 e. The van der Waals surface area contributed by atoms with Gasteiger partial charge in [0, 0.05) is 6.54 Å². The number of hydrogen-bond acceptors (Lipinski definition) is 4. The lowest BCUT2D eigenvalue weighted by molar-refractivity contribution is 0.0834. The van der Waals surface area contributed by atoms with Crippen LogP contribution in [0.15, 0.2) is 24.3 Å². The van der Waals surface area contributed by atoms with Crippen molar-refractivity contribution in [2.75, 3.05) is 33.0 Å². The van der Waals surface area contributed by atoms with Crippen LogP contribution in [0.1, 0.15) is 0 Å².